The van der Waals surface area contributed by atoms with Gasteiger partial charge in [-0.15, -0.1) is 11.8 Å². The highest BCUT2D eigenvalue weighted by molar-refractivity contribution is 7.99. The van der Waals surface area contributed by atoms with Crippen LogP contribution in [0.25, 0.3) is 0 Å². The van der Waals surface area contributed by atoms with Gasteiger partial charge in [0, 0.05) is 12.2 Å². The van der Waals surface area contributed by atoms with Crippen LogP contribution >= 0.6 is 11.8 Å². The number of Topliss-reactive ketones (excluding diaryl/α,β-unsaturated/α-hetero) is 1. The molecule has 0 aliphatic rings. The third-order valence-electron chi connectivity index (χ3n) is 1.77. The molecule has 0 fully saturated rings. The maximum Gasteiger partial charge on any atom is 0.142 e. The van der Waals surface area contributed by atoms with Crippen LogP contribution in [0.1, 0.15) is 18.9 Å². The predicted octanol–water partition coefficient (Wildman–Crippen LogP) is 2.90. The van der Waals surface area contributed by atoms with Gasteiger partial charge in [-0.2, -0.15) is 0 Å². The summed E-state index contributed by atoms with van der Waals surface area (Å²) < 4.78 is 0. The van der Waals surface area contributed by atoms with Crippen molar-refractivity contribution in [2.75, 3.05) is 5.75 Å². The number of thioether (sulfide) groups is 1. The summed E-state index contributed by atoms with van der Waals surface area (Å²) in [5, 5.41) is 0. The molecule has 1 nitrogen and oxygen atoms in total. The highest BCUT2D eigenvalue weighted by atomic mass is 32.2. The molecule has 1 aromatic carbocycles. The number of carbonyl (C=O) groups is 1. The van der Waals surface area contributed by atoms with E-state index in [1.807, 2.05) is 25.1 Å². The van der Waals surface area contributed by atoms with E-state index >= 15 is 0 Å². The first kappa shape index (κ1) is 10.3. The lowest BCUT2D eigenvalue weighted by Gasteiger charge is -1.99. The summed E-state index contributed by atoms with van der Waals surface area (Å²) in [4.78, 5) is 11.0. The smallest absolute Gasteiger partial charge is 0.142 e. The molecule has 0 N–H and O–H groups in total. The van der Waals surface area contributed by atoms with Crippen molar-refractivity contribution in [3.63, 3.8) is 0 Å². The van der Waals surface area contributed by atoms with E-state index < -0.39 is 0 Å². The highest BCUT2D eigenvalue weighted by Crippen LogP contribution is 2.11. The molecular formula is C11H14OS. The van der Waals surface area contributed by atoms with Crippen LogP contribution in [0.2, 0.25) is 0 Å². The van der Waals surface area contributed by atoms with Gasteiger partial charge in [0.25, 0.3) is 0 Å². The number of carbonyl (C=O) groups excluding carboxylic acids is 1. The Morgan fingerprint density at radius 1 is 1.31 bits per heavy atom. The minimum Gasteiger partial charge on any atom is -0.299 e. The summed E-state index contributed by atoms with van der Waals surface area (Å²) in [6.07, 6.45) is 0.655. The second kappa shape index (κ2) is 5.81. The first-order chi connectivity index (χ1) is 6.33. The zero-order chi connectivity index (χ0) is 9.52. The SMILES string of the molecule is CCC(=O)CSCc1ccccc1. The van der Waals surface area contributed by atoms with E-state index in [2.05, 4.69) is 12.1 Å². The Hall–Kier alpha value is -0.760. The zero-order valence-corrected chi connectivity index (χ0v) is 8.64. The summed E-state index contributed by atoms with van der Waals surface area (Å²) in [6, 6.07) is 10.2. The summed E-state index contributed by atoms with van der Waals surface area (Å²) in [5.41, 5.74) is 1.29. The molecule has 70 valence electrons. The second-order valence-electron chi connectivity index (χ2n) is 2.87. The van der Waals surface area contributed by atoms with Crippen LogP contribution in [0.15, 0.2) is 30.3 Å². The Kier molecular flexibility index (Phi) is 4.61. The number of rotatable bonds is 5. The Labute approximate surface area is 83.5 Å². The van der Waals surface area contributed by atoms with E-state index in [1.54, 1.807) is 11.8 Å². The molecule has 0 aromatic heterocycles. The summed E-state index contributed by atoms with van der Waals surface area (Å²) in [6.45, 7) is 1.91. The molecule has 0 saturated heterocycles. The van der Waals surface area contributed by atoms with Crippen molar-refractivity contribution in [1.82, 2.24) is 0 Å². The minimum absolute atomic E-state index is 0.334. The van der Waals surface area contributed by atoms with Crippen LogP contribution in [0.3, 0.4) is 0 Å². The van der Waals surface area contributed by atoms with Crippen molar-refractivity contribution in [3.05, 3.63) is 35.9 Å². The molecule has 0 radical (unpaired) electrons. The maximum absolute atomic E-state index is 11.0. The van der Waals surface area contributed by atoms with Gasteiger partial charge in [0.1, 0.15) is 5.78 Å². The number of ketones is 1. The number of benzene rings is 1. The molecule has 0 atom stereocenters. The van der Waals surface area contributed by atoms with E-state index in [4.69, 9.17) is 0 Å². The third-order valence-corrected chi connectivity index (χ3v) is 2.83. The quantitative estimate of drug-likeness (QED) is 0.717. The molecule has 0 unspecified atom stereocenters. The van der Waals surface area contributed by atoms with Crippen LogP contribution in [-0.2, 0) is 10.5 Å². The van der Waals surface area contributed by atoms with E-state index in [0.717, 1.165) is 5.75 Å². The summed E-state index contributed by atoms with van der Waals surface area (Å²) in [7, 11) is 0. The molecule has 1 rings (SSSR count). The van der Waals surface area contributed by atoms with Crippen molar-refractivity contribution in [2.24, 2.45) is 0 Å². The van der Waals surface area contributed by atoms with Crippen molar-refractivity contribution in [2.45, 2.75) is 19.1 Å². The molecule has 0 aliphatic carbocycles. The molecule has 0 spiro atoms. The first-order valence-electron chi connectivity index (χ1n) is 4.46. The average molecular weight is 194 g/mol. The Bertz CT molecular complexity index is 256. The van der Waals surface area contributed by atoms with Crippen molar-refractivity contribution < 1.29 is 4.79 Å². The topological polar surface area (TPSA) is 17.1 Å². The first-order valence-corrected chi connectivity index (χ1v) is 5.61. The Morgan fingerprint density at radius 2 is 2.00 bits per heavy atom. The summed E-state index contributed by atoms with van der Waals surface area (Å²) in [5.74, 6) is 1.92. The fourth-order valence-electron chi connectivity index (χ4n) is 0.959. The van der Waals surface area contributed by atoms with Gasteiger partial charge < -0.3 is 0 Å². The lowest BCUT2D eigenvalue weighted by Crippen LogP contribution is -1.98. The van der Waals surface area contributed by atoms with Crippen molar-refractivity contribution in [3.8, 4) is 0 Å². The van der Waals surface area contributed by atoms with Gasteiger partial charge in [-0.05, 0) is 5.56 Å². The van der Waals surface area contributed by atoms with Gasteiger partial charge in [0.05, 0.1) is 5.75 Å². The third kappa shape index (κ3) is 4.13. The van der Waals surface area contributed by atoms with E-state index in [9.17, 15) is 4.79 Å². The van der Waals surface area contributed by atoms with Gasteiger partial charge in [-0.3, -0.25) is 4.79 Å². The zero-order valence-electron chi connectivity index (χ0n) is 7.82. The molecule has 13 heavy (non-hydrogen) atoms. The van der Waals surface area contributed by atoms with Gasteiger partial charge in [-0.25, -0.2) is 0 Å². The monoisotopic (exact) mass is 194 g/mol. The van der Waals surface area contributed by atoms with E-state index in [1.165, 1.54) is 5.56 Å². The normalized spacial score (nSPS) is 9.92. The number of hydrogen-bond acceptors (Lipinski definition) is 2. The molecular weight excluding hydrogens is 180 g/mol. The van der Waals surface area contributed by atoms with Gasteiger partial charge >= 0.3 is 0 Å². The summed E-state index contributed by atoms with van der Waals surface area (Å²) >= 11 is 1.69. The highest BCUT2D eigenvalue weighted by Gasteiger charge is 1.98. The van der Waals surface area contributed by atoms with E-state index in [-0.39, 0.29) is 0 Å². The lowest BCUT2D eigenvalue weighted by molar-refractivity contribution is -0.116. The van der Waals surface area contributed by atoms with Crippen LogP contribution in [0.5, 0.6) is 0 Å². The van der Waals surface area contributed by atoms with E-state index in [0.29, 0.717) is 18.0 Å². The second-order valence-corrected chi connectivity index (χ2v) is 3.86. The largest absolute Gasteiger partial charge is 0.299 e. The van der Waals surface area contributed by atoms with Gasteiger partial charge in [0.2, 0.25) is 0 Å². The van der Waals surface area contributed by atoms with Crippen molar-refractivity contribution >= 4 is 17.5 Å². The molecule has 2 heteroatoms. The maximum atomic E-state index is 11.0. The van der Waals surface area contributed by atoms with Crippen molar-refractivity contribution in [1.29, 1.82) is 0 Å². The molecule has 0 amide bonds. The standard InChI is InChI=1S/C11H14OS/c1-2-11(12)9-13-8-10-6-4-3-5-7-10/h3-7H,2,8-9H2,1H3. The van der Waals surface area contributed by atoms with Crippen LogP contribution in [-0.4, -0.2) is 11.5 Å². The lowest BCUT2D eigenvalue weighted by atomic mass is 10.2. The predicted molar refractivity (Wildman–Crippen MR) is 57.9 cm³/mol. The molecule has 0 bridgehead atoms. The van der Waals surface area contributed by atoms with Crippen LogP contribution in [0, 0.1) is 0 Å². The molecule has 0 heterocycles. The molecule has 0 saturated carbocycles. The minimum atomic E-state index is 0.334. The fraction of sp³-hybridized carbons (Fsp3) is 0.364. The van der Waals surface area contributed by atoms with Gasteiger partial charge in [0.15, 0.2) is 0 Å². The fourth-order valence-corrected chi connectivity index (χ4v) is 1.92. The number of hydrogen-bond donors (Lipinski definition) is 0. The Balaban J connectivity index is 2.24. The molecule has 0 aliphatic heterocycles. The average Bonchev–Trinajstić information content (AvgIpc) is 2.19. The van der Waals surface area contributed by atoms with Crippen LogP contribution in [0.4, 0.5) is 0 Å². The van der Waals surface area contributed by atoms with Crippen LogP contribution < -0.4 is 0 Å². The molecule has 1 aromatic rings. The van der Waals surface area contributed by atoms with Gasteiger partial charge in [-0.1, -0.05) is 37.3 Å². The Morgan fingerprint density at radius 3 is 2.62 bits per heavy atom.